The fourth-order valence-electron chi connectivity index (χ4n) is 2.99. The lowest BCUT2D eigenvalue weighted by Gasteiger charge is -2.34. The first kappa shape index (κ1) is 19.1. The molecule has 1 aliphatic rings. The summed E-state index contributed by atoms with van der Waals surface area (Å²) in [7, 11) is 0. The first-order valence-corrected chi connectivity index (χ1v) is 9.19. The molecule has 1 saturated heterocycles. The average Bonchev–Trinajstić information content (AvgIpc) is 2.60. The van der Waals surface area contributed by atoms with Crippen LogP contribution in [0.3, 0.4) is 0 Å². The van der Waals surface area contributed by atoms with Gasteiger partial charge in [-0.05, 0) is 35.9 Å². The Morgan fingerprint density at radius 1 is 1.00 bits per heavy atom. The normalized spacial score (nSPS) is 15.8. The van der Waals surface area contributed by atoms with E-state index in [0.29, 0.717) is 5.02 Å². The Labute approximate surface area is 162 Å². The van der Waals surface area contributed by atoms with E-state index in [4.69, 9.17) is 23.2 Å². The summed E-state index contributed by atoms with van der Waals surface area (Å²) in [4.78, 5) is 16.6. The van der Waals surface area contributed by atoms with Gasteiger partial charge in [0, 0.05) is 42.8 Å². The van der Waals surface area contributed by atoms with E-state index in [1.807, 2.05) is 18.2 Å². The third-order valence-corrected chi connectivity index (χ3v) is 4.80. The number of nitrogens with one attached hydrogen (secondary N) is 1. The molecule has 0 aliphatic carbocycles. The smallest absolute Gasteiger partial charge is 0.238 e. The summed E-state index contributed by atoms with van der Waals surface area (Å²) < 4.78 is 13.7. The second-order valence-electron chi connectivity index (χ2n) is 6.35. The van der Waals surface area contributed by atoms with Crippen LogP contribution < -0.4 is 5.32 Å². The highest BCUT2D eigenvalue weighted by Crippen LogP contribution is 2.19. The minimum atomic E-state index is -0.492. The molecule has 1 aliphatic heterocycles. The van der Waals surface area contributed by atoms with Crippen LogP contribution in [0.15, 0.2) is 42.5 Å². The van der Waals surface area contributed by atoms with Crippen LogP contribution in [0, 0.1) is 5.82 Å². The van der Waals surface area contributed by atoms with Crippen LogP contribution in [0.25, 0.3) is 0 Å². The second kappa shape index (κ2) is 8.82. The Bertz CT molecular complexity index is 779. The minimum absolute atomic E-state index is 0.113. The summed E-state index contributed by atoms with van der Waals surface area (Å²) in [6.45, 7) is 4.37. The molecule has 0 saturated carbocycles. The van der Waals surface area contributed by atoms with Gasteiger partial charge in [0.15, 0.2) is 0 Å². The highest BCUT2D eigenvalue weighted by atomic mass is 35.5. The van der Waals surface area contributed by atoms with Gasteiger partial charge in [-0.2, -0.15) is 0 Å². The van der Waals surface area contributed by atoms with Crippen molar-refractivity contribution in [3.8, 4) is 0 Å². The molecule has 0 bridgehead atoms. The van der Waals surface area contributed by atoms with Crippen LogP contribution in [0.4, 0.5) is 10.1 Å². The van der Waals surface area contributed by atoms with E-state index >= 15 is 0 Å². The third-order valence-electron chi connectivity index (χ3n) is 4.33. The minimum Gasteiger partial charge on any atom is -0.322 e. The van der Waals surface area contributed by atoms with Crippen molar-refractivity contribution in [2.24, 2.45) is 0 Å². The zero-order valence-corrected chi connectivity index (χ0v) is 15.7. The van der Waals surface area contributed by atoms with Gasteiger partial charge in [0.05, 0.1) is 12.2 Å². The van der Waals surface area contributed by atoms with Crippen LogP contribution in [0.2, 0.25) is 10.0 Å². The number of halogens is 3. The quantitative estimate of drug-likeness (QED) is 0.833. The molecule has 0 radical (unpaired) electrons. The van der Waals surface area contributed by atoms with Crippen LogP contribution in [-0.4, -0.2) is 48.4 Å². The maximum Gasteiger partial charge on any atom is 0.238 e. The molecule has 0 unspecified atom stereocenters. The lowest BCUT2D eigenvalue weighted by atomic mass is 10.2. The summed E-state index contributed by atoms with van der Waals surface area (Å²) in [6.07, 6.45) is 0. The monoisotopic (exact) mass is 395 g/mol. The summed E-state index contributed by atoms with van der Waals surface area (Å²) in [5.41, 5.74) is 1.29. The largest absolute Gasteiger partial charge is 0.322 e. The van der Waals surface area contributed by atoms with Crippen molar-refractivity contribution in [2.45, 2.75) is 6.54 Å². The number of nitrogens with zero attached hydrogens (tertiary/aromatic N) is 2. The zero-order valence-electron chi connectivity index (χ0n) is 14.2. The summed E-state index contributed by atoms with van der Waals surface area (Å²) in [5.74, 6) is -0.733. The number of hydrogen-bond acceptors (Lipinski definition) is 3. The van der Waals surface area contributed by atoms with Gasteiger partial charge in [-0.1, -0.05) is 35.3 Å². The molecule has 7 heteroatoms. The van der Waals surface area contributed by atoms with Gasteiger partial charge < -0.3 is 5.32 Å². The number of hydrogen-bond donors (Lipinski definition) is 1. The number of carbonyl (C=O) groups excluding carboxylic acids is 1. The van der Waals surface area contributed by atoms with Gasteiger partial charge in [-0.3, -0.25) is 14.6 Å². The van der Waals surface area contributed by atoms with Crippen molar-refractivity contribution in [1.82, 2.24) is 9.80 Å². The van der Waals surface area contributed by atoms with E-state index in [1.165, 1.54) is 23.8 Å². The van der Waals surface area contributed by atoms with E-state index in [0.717, 1.165) is 37.7 Å². The van der Waals surface area contributed by atoms with Crippen molar-refractivity contribution in [3.63, 3.8) is 0 Å². The topological polar surface area (TPSA) is 35.6 Å². The molecule has 2 aromatic rings. The standard InChI is InChI=1S/C19H20Cl2FN3O/c20-15-3-1-2-14(10-15)12-24-6-8-25(9-7-24)13-19(26)23-18-11-16(21)4-5-17(18)22/h1-5,10-11H,6-9,12-13H2,(H,23,26). The summed E-state index contributed by atoms with van der Waals surface area (Å²) >= 11 is 11.9. The first-order chi connectivity index (χ1) is 12.5. The number of anilines is 1. The number of rotatable bonds is 5. The Kier molecular flexibility index (Phi) is 6.48. The van der Waals surface area contributed by atoms with E-state index in [9.17, 15) is 9.18 Å². The van der Waals surface area contributed by atoms with Gasteiger partial charge in [-0.15, -0.1) is 0 Å². The molecule has 26 heavy (non-hydrogen) atoms. The molecular weight excluding hydrogens is 376 g/mol. The van der Waals surface area contributed by atoms with Crippen LogP contribution in [-0.2, 0) is 11.3 Å². The SMILES string of the molecule is O=C(CN1CCN(Cc2cccc(Cl)c2)CC1)Nc1cc(Cl)ccc1F. The lowest BCUT2D eigenvalue weighted by Crippen LogP contribution is -2.48. The van der Waals surface area contributed by atoms with Gasteiger partial charge in [0.25, 0.3) is 0 Å². The molecule has 0 spiro atoms. The van der Waals surface area contributed by atoms with Gasteiger partial charge in [-0.25, -0.2) is 4.39 Å². The van der Waals surface area contributed by atoms with Gasteiger partial charge in [0.1, 0.15) is 5.82 Å². The molecule has 0 atom stereocenters. The predicted octanol–water partition coefficient (Wildman–Crippen LogP) is 3.89. The maximum atomic E-state index is 13.7. The molecule has 0 aromatic heterocycles. The van der Waals surface area contributed by atoms with Crippen LogP contribution >= 0.6 is 23.2 Å². The highest BCUT2D eigenvalue weighted by Gasteiger charge is 2.19. The van der Waals surface area contributed by atoms with Crippen molar-refractivity contribution < 1.29 is 9.18 Å². The van der Waals surface area contributed by atoms with Gasteiger partial charge in [0.2, 0.25) is 5.91 Å². The second-order valence-corrected chi connectivity index (χ2v) is 7.23. The summed E-state index contributed by atoms with van der Waals surface area (Å²) in [5, 5.41) is 3.71. The van der Waals surface area contributed by atoms with E-state index < -0.39 is 5.82 Å². The average molecular weight is 396 g/mol. The number of benzene rings is 2. The Morgan fingerprint density at radius 2 is 1.69 bits per heavy atom. The number of carbonyl (C=O) groups is 1. The Morgan fingerprint density at radius 3 is 2.42 bits per heavy atom. The number of amides is 1. The van der Waals surface area contributed by atoms with Crippen LogP contribution in [0.5, 0.6) is 0 Å². The molecule has 4 nitrogen and oxygen atoms in total. The molecule has 1 fully saturated rings. The van der Waals surface area contributed by atoms with Crippen LogP contribution in [0.1, 0.15) is 5.56 Å². The van der Waals surface area contributed by atoms with Crippen molar-refractivity contribution in [3.05, 3.63) is 63.9 Å². The van der Waals surface area contributed by atoms with Gasteiger partial charge >= 0.3 is 0 Å². The lowest BCUT2D eigenvalue weighted by molar-refractivity contribution is -0.117. The Balaban J connectivity index is 1.46. The molecule has 3 rings (SSSR count). The third kappa shape index (κ3) is 5.42. The zero-order chi connectivity index (χ0) is 18.5. The maximum absolute atomic E-state index is 13.7. The fourth-order valence-corrected chi connectivity index (χ4v) is 3.37. The highest BCUT2D eigenvalue weighted by molar-refractivity contribution is 6.31. The fraction of sp³-hybridized carbons (Fsp3) is 0.316. The molecule has 2 aromatic carbocycles. The Hall–Kier alpha value is -1.66. The van der Waals surface area contributed by atoms with Crippen molar-refractivity contribution >= 4 is 34.8 Å². The molecule has 1 N–H and O–H groups in total. The van der Waals surface area contributed by atoms with E-state index in [1.54, 1.807) is 0 Å². The predicted molar refractivity (Wildman–Crippen MR) is 103 cm³/mol. The molecule has 138 valence electrons. The summed E-state index contributed by atoms with van der Waals surface area (Å²) in [6, 6.07) is 12.0. The van der Waals surface area contributed by atoms with E-state index in [2.05, 4.69) is 21.2 Å². The molecule has 1 heterocycles. The van der Waals surface area contributed by atoms with E-state index in [-0.39, 0.29) is 18.1 Å². The first-order valence-electron chi connectivity index (χ1n) is 8.43. The number of piperazine rings is 1. The van der Waals surface area contributed by atoms with Crippen molar-refractivity contribution in [1.29, 1.82) is 0 Å². The molecular formula is C19H20Cl2FN3O. The van der Waals surface area contributed by atoms with Crippen molar-refractivity contribution in [2.75, 3.05) is 38.0 Å². The molecule has 1 amide bonds.